The maximum atomic E-state index is 10.8. The van der Waals surface area contributed by atoms with E-state index in [0.29, 0.717) is 17.8 Å². The predicted molar refractivity (Wildman–Crippen MR) is 50.3 cm³/mol. The van der Waals surface area contributed by atoms with Gasteiger partial charge in [-0.15, -0.1) is 11.6 Å². The zero-order valence-corrected chi connectivity index (χ0v) is 8.23. The number of carbonyl (C=O) groups is 1. The molecule has 0 saturated heterocycles. The molecule has 1 fully saturated rings. The van der Waals surface area contributed by atoms with Crippen molar-refractivity contribution in [1.29, 1.82) is 0 Å². The third-order valence-corrected chi connectivity index (χ3v) is 2.89. The van der Waals surface area contributed by atoms with Crippen LogP contribution in [0.2, 0.25) is 0 Å². The van der Waals surface area contributed by atoms with Gasteiger partial charge in [0.1, 0.15) is 0 Å². The lowest BCUT2D eigenvalue weighted by Crippen LogP contribution is -2.41. The largest absolute Gasteiger partial charge is 0.353 e. The van der Waals surface area contributed by atoms with Crippen LogP contribution in [0, 0.1) is 5.92 Å². The first-order chi connectivity index (χ1) is 5.74. The zero-order valence-electron chi connectivity index (χ0n) is 7.48. The number of hydrogen-bond acceptors (Lipinski definition) is 1. The highest BCUT2D eigenvalue weighted by Gasteiger charge is 2.24. The highest BCUT2D eigenvalue weighted by atomic mass is 35.5. The minimum Gasteiger partial charge on any atom is -0.353 e. The Bertz CT molecular complexity index is 161. The summed E-state index contributed by atoms with van der Waals surface area (Å²) in [7, 11) is 0. The van der Waals surface area contributed by atoms with Crippen molar-refractivity contribution in [2.24, 2.45) is 5.92 Å². The van der Waals surface area contributed by atoms with Gasteiger partial charge in [-0.05, 0) is 18.8 Å². The number of hydrogen-bond donors (Lipinski definition) is 1. The van der Waals surface area contributed by atoms with Crippen molar-refractivity contribution in [3.63, 3.8) is 0 Å². The number of carbonyl (C=O) groups excluding carboxylic acids is 1. The van der Waals surface area contributed by atoms with Gasteiger partial charge in [0.15, 0.2) is 0 Å². The molecule has 2 nitrogen and oxygen atoms in total. The molecule has 1 N–H and O–H groups in total. The van der Waals surface area contributed by atoms with Gasteiger partial charge in [0.05, 0.1) is 0 Å². The smallest absolute Gasteiger partial charge is 0.217 e. The van der Waals surface area contributed by atoms with Crippen molar-refractivity contribution >= 4 is 17.5 Å². The Morgan fingerprint density at radius 1 is 1.50 bits per heavy atom. The lowest BCUT2D eigenvalue weighted by Gasteiger charge is -2.30. The van der Waals surface area contributed by atoms with Crippen molar-refractivity contribution in [1.82, 2.24) is 5.32 Å². The van der Waals surface area contributed by atoms with Crippen LogP contribution in [0.1, 0.15) is 32.6 Å². The normalized spacial score (nSPS) is 29.8. The van der Waals surface area contributed by atoms with Gasteiger partial charge in [-0.2, -0.15) is 0 Å². The molecule has 1 rings (SSSR count). The highest BCUT2D eigenvalue weighted by Crippen LogP contribution is 2.25. The maximum absolute atomic E-state index is 10.8. The fourth-order valence-corrected chi connectivity index (χ4v) is 2.21. The van der Waals surface area contributed by atoms with Crippen molar-refractivity contribution in [2.45, 2.75) is 38.6 Å². The van der Waals surface area contributed by atoms with E-state index in [1.54, 1.807) is 6.92 Å². The Balaban J connectivity index is 2.41. The zero-order chi connectivity index (χ0) is 8.97. The van der Waals surface area contributed by atoms with E-state index in [9.17, 15) is 4.79 Å². The molecule has 2 atom stereocenters. The summed E-state index contributed by atoms with van der Waals surface area (Å²) in [6, 6.07) is 0.328. The van der Waals surface area contributed by atoms with Crippen LogP contribution in [0.5, 0.6) is 0 Å². The Kier molecular flexibility index (Phi) is 3.86. The minimum atomic E-state index is 0.0667. The average Bonchev–Trinajstić information content (AvgIpc) is 2.04. The Morgan fingerprint density at radius 3 is 2.75 bits per heavy atom. The topological polar surface area (TPSA) is 29.1 Å². The van der Waals surface area contributed by atoms with E-state index in [4.69, 9.17) is 11.6 Å². The maximum Gasteiger partial charge on any atom is 0.217 e. The third-order valence-electron chi connectivity index (χ3n) is 2.50. The monoisotopic (exact) mass is 189 g/mol. The SMILES string of the molecule is CC(=O)NC1CCCCC1CCl. The van der Waals surface area contributed by atoms with E-state index in [-0.39, 0.29) is 5.91 Å². The summed E-state index contributed by atoms with van der Waals surface area (Å²) < 4.78 is 0. The van der Waals surface area contributed by atoms with Gasteiger partial charge in [-0.25, -0.2) is 0 Å². The number of amides is 1. The minimum absolute atomic E-state index is 0.0667. The van der Waals surface area contributed by atoms with Gasteiger partial charge in [-0.1, -0.05) is 12.8 Å². The third kappa shape index (κ3) is 2.67. The fourth-order valence-electron chi connectivity index (χ4n) is 1.84. The van der Waals surface area contributed by atoms with E-state index in [2.05, 4.69) is 5.32 Å². The van der Waals surface area contributed by atoms with Crippen molar-refractivity contribution in [3.05, 3.63) is 0 Å². The molecule has 70 valence electrons. The second kappa shape index (κ2) is 4.70. The van der Waals surface area contributed by atoms with Gasteiger partial charge < -0.3 is 5.32 Å². The van der Waals surface area contributed by atoms with Crippen LogP contribution >= 0.6 is 11.6 Å². The van der Waals surface area contributed by atoms with Crippen LogP contribution < -0.4 is 5.32 Å². The van der Waals surface area contributed by atoms with Crippen LogP contribution in [0.4, 0.5) is 0 Å². The first kappa shape index (κ1) is 9.85. The van der Waals surface area contributed by atoms with E-state index in [0.717, 1.165) is 12.8 Å². The number of rotatable bonds is 2. The summed E-state index contributed by atoms with van der Waals surface area (Å²) in [5.74, 6) is 1.23. The second-order valence-corrected chi connectivity index (χ2v) is 3.81. The Labute approximate surface area is 78.7 Å². The molecule has 0 aromatic rings. The first-order valence-electron chi connectivity index (χ1n) is 4.57. The molecule has 12 heavy (non-hydrogen) atoms. The van der Waals surface area contributed by atoms with Crippen LogP contribution in [-0.2, 0) is 4.79 Å². The standard InChI is InChI=1S/C9H16ClNO/c1-7(12)11-9-5-3-2-4-8(9)6-10/h8-9H,2-6H2,1H3,(H,11,12). The number of halogens is 1. The van der Waals surface area contributed by atoms with Crippen LogP contribution in [0.3, 0.4) is 0 Å². The van der Waals surface area contributed by atoms with Gasteiger partial charge in [-0.3, -0.25) is 4.79 Å². The molecule has 0 aliphatic heterocycles. The molecular formula is C9H16ClNO. The number of nitrogens with one attached hydrogen (secondary N) is 1. The molecule has 1 saturated carbocycles. The quantitative estimate of drug-likeness (QED) is 0.661. The fraction of sp³-hybridized carbons (Fsp3) is 0.889. The van der Waals surface area contributed by atoms with Crippen LogP contribution in [0.15, 0.2) is 0 Å². The predicted octanol–water partition coefficient (Wildman–Crippen LogP) is 1.92. The summed E-state index contributed by atoms with van der Waals surface area (Å²) >= 11 is 5.81. The molecule has 3 heteroatoms. The summed E-state index contributed by atoms with van der Waals surface area (Å²) in [5, 5.41) is 2.96. The summed E-state index contributed by atoms with van der Waals surface area (Å²) in [5.41, 5.74) is 0. The summed E-state index contributed by atoms with van der Waals surface area (Å²) in [4.78, 5) is 10.8. The average molecular weight is 190 g/mol. The van der Waals surface area contributed by atoms with Gasteiger partial charge in [0, 0.05) is 18.8 Å². The lowest BCUT2D eigenvalue weighted by molar-refractivity contribution is -0.120. The molecule has 1 aliphatic rings. The summed E-state index contributed by atoms with van der Waals surface area (Å²) in [6.45, 7) is 1.57. The molecule has 0 heterocycles. The molecule has 1 aliphatic carbocycles. The van der Waals surface area contributed by atoms with Gasteiger partial charge in [0.2, 0.25) is 5.91 Å². The van der Waals surface area contributed by atoms with E-state index in [1.165, 1.54) is 12.8 Å². The van der Waals surface area contributed by atoms with Crippen molar-refractivity contribution in [2.75, 3.05) is 5.88 Å². The molecule has 2 unspecified atom stereocenters. The molecule has 1 amide bonds. The Morgan fingerprint density at radius 2 is 2.17 bits per heavy atom. The van der Waals surface area contributed by atoms with Crippen molar-refractivity contribution in [3.8, 4) is 0 Å². The molecular weight excluding hydrogens is 174 g/mol. The number of alkyl halides is 1. The van der Waals surface area contributed by atoms with E-state index >= 15 is 0 Å². The molecule has 0 radical (unpaired) electrons. The Hall–Kier alpha value is -0.240. The highest BCUT2D eigenvalue weighted by molar-refractivity contribution is 6.18. The van der Waals surface area contributed by atoms with E-state index < -0.39 is 0 Å². The second-order valence-electron chi connectivity index (χ2n) is 3.51. The van der Waals surface area contributed by atoms with Gasteiger partial charge in [0.25, 0.3) is 0 Å². The summed E-state index contributed by atoms with van der Waals surface area (Å²) in [6.07, 6.45) is 4.73. The lowest BCUT2D eigenvalue weighted by atomic mass is 9.86. The molecule has 0 aromatic heterocycles. The first-order valence-corrected chi connectivity index (χ1v) is 5.10. The molecule has 0 aromatic carbocycles. The van der Waals surface area contributed by atoms with Crippen LogP contribution in [0.25, 0.3) is 0 Å². The molecule has 0 spiro atoms. The molecule has 0 bridgehead atoms. The van der Waals surface area contributed by atoms with Crippen molar-refractivity contribution < 1.29 is 4.79 Å². The van der Waals surface area contributed by atoms with Crippen LogP contribution in [-0.4, -0.2) is 17.8 Å². The van der Waals surface area contributed by atoms with Gasteiger partial charge >= 0.3 is 0 Å². The van der Waals surface area contributed by atoms with E-state index in [1.807, 2.05) is 0 Å².